The molecule has 0 aliphatic heterocycles. The normalized spacial score (nSPS) is 12.6. The maximum absolute atomic E-state index is 12.0. The molecule has 0 heterocycles. The summed E-state index contributed by atoms with van der Waals surface area (Å²) in [5.41, 5.74) is 1.75. The molecule has 8 nitrogen and oxygen atoms in total. The number of likely N-dealkylation sites (N-methyl/N-ethyl adjacent to an activating group) is 1. The number of rotatable bonds is 8. The van der Waals surface area contributed by atoms with E-state index in [1.807, 2.05) is 0 Å². The first-order valence-electron chi connectivity index (χ1n) is 6.90. The number of hydrogen-bond donors (Lipinski definition) is 1. The fourth-order valence-corrected chi connectivity index (χ4v) is 1.78. The lowest BCUT2D eigenvalue weighted by atomic mass is 10.0. The molecular formula is C15H19ClN4O4. The van der Waals surface area contributed by atoms with Crippen LogP contribution < -0.4 is 5.32 Å². The van der Waals surface area contributed by atoms with Gasteiger partial charge in [0.1, 0.15) is 26.5 Å². The number of carbonyl (C=O) groups is 1. The highest BCUT2D eigenvalue weighted by Crippen LogP contribution is 2.13. The van der Waals surface area contributed by atoms with Crippen LogP contribution in [-0.2, 0) is 25.9 Å². The van der Waals surface area contributed by atoms with Crippen LogP contribution in [-0.4, -0.2) is 43.8 Å². The minimum absolute atomic E-state index is 0.0615. The average Bonchev–Trinajstić information content (AvgIpc) is 2.59. The molecule has 0 saturated carbocycles. The Morgan fingerprint density at radius 1 is 1.17 bits per heavy atom. The van der Waals surface area contributed by atoms with Gasteiger partial charge in [0.25, 0.3) is 5.91 Å². The molecule has 0 saturated heterocycles. The Bertz CT molecular complexity index is 659. The minimum atomic E-state index is -0.381. The minimum Gasteiger partial charge on any atom is -0.399 e. The van der Waals surface area contributed by atoms with Crippen LogP contribution in [0.15, 0.2) is 39.7 Å². The molecule has 0 aliphatic carbocycles. The number of benzene rings is 1. The van der Waals surface area contributed by atoms with Crippen LogP contribution in [0.3, 0.4) is 0 Å². The third-order valence-electron chi connectivity index (χ3n) is 2.79. The molecule has 0 aliphatic rings. The summed E-state index contributed by atoms with van der Waals surface area (Å²) < 4.78 is 0. The van der Waals surface area contributed by atoms with Crippen molar-refractivity contribution in [2.45, 2.75) is 13.5 Å². The first kappa shape index (κ1) is 19.4. The van der Waals surface area contributed by atoms with Crippen LogP contribution in [0.2, 0.25) is 0 Å². The summed E-state index contributed by atoms with van der Waals surface area (Å²) >= 11 is 5.91. The first-order chi connectivity index (χ1) is 11.5. The summed E-state index contributed by atoms with van der Waals surface area (Å²) in [6.07, 6.45) is 0. The fourth-order valence-electron chi connectivity index (χ4n) is 1.70. The second kappa shape index (κ2) is 10.2. The van der Waals surface area contributed by atoms with E-state index in [4.69, 9.17) is 21.3 Å². The molecule has 9 heteroatoms. The second-order valence-electron chi connectivity index (χ2n) is 4.37. The van der Waals surface area contributed by atoms with Gasteiger partial charge in [-0.15, -0.1) is 0 Å². The van der Waals surface area contributed by atoms with Gasteiger partial charge in [0.15, 0.2) is 10.9 Å². The number of halogens is 1. The number of hydrogen-bond acceptors (Lipinski definition) is 7. The lowest BCUT2D eigenvalue weighted by Gasteiger charge is -2.10. The van der Waals surface area contributed by atoms with Gasteiger partial charge < -0.3 is 19.8 Å². The molecule has 1 amide bonds. The highest BCUT2D eigenvalue weighted by atomic mass is 35.5. The number of nitrogens with zero attached hydrogens (tertiary/aromatic N) is 3. The molecule has 0 aromatic heterocycles. The van der Waals surface area contributed by atoms with E-state index in [-0.39, 0.29) is 23.4 Å². The van der Waals surface area contributed by atoms with Gasteiger partial charge in [0.2, 0.25) is 0 Å². The maximum atomic E-state index is 12.0. The van der Waals surface area contributed by atoms with Gasteiger partial charge in [-0.1, -0.05) is 51.3 Å². The van der Waals surface area contributed by atoms with Gasteiger partial charge in [-0.05, 0) is 6.92 Å². The van der Waals surface area contributed by atoms with Crippen LogP contribution in [0.5, 0.6) is 0 Å². The lowest BCUT2D eigenvalue weighted by Crippen LogP contribution is -2.29. The summed E-state index contributed by atoms with van der Waals surface area (Å²) in [6.45, 7) is 1.70. The number of oxime groups is 3. The van der Waals surface area contributed by atoms with Crippen molar-refractivity contribution in [1.82, 2.24) is 5.32 Å². The largest absolute Gasteiger partial charge is 0.399 e. The zero-order valence-corrected chi connectivity index (χ0v) is 14.6. The van der Waals surface area contributed by atoms with Crippen LogP contribution >= 0.6 is 11.6 Å². The standard InChI is InChI=1S/C15H19ClN4O4/c1-10(18-22-3)14(16)20-24-9-11-7-5-6-8-12(11)13(19-23-4)15(21)17-2/h5-8H,9H2,1-4H3,(H,17,21). The van der Waals surface area contributed by atoms with Crippen molar-refractivity contribution in [2.24, 2.45) is 15.5 Å². The molecule has 1 rings (SSSR count). The summed E-state index contributed by atoms with van der Waals surface area (Å²) in [6, 6.07) is 7.09. The molecule has 0 fully saturated rings. The van der Waals surface area contributed by atoms with Crippen LogP contribution in [0.4, 0.5) is 0 Å². The molecule has 0 radical (unpaired) electrons. The van der Waals surface area contributed by atoms with Crippen molar-refractivity contribution in [1.29, 1.82) is 0 Å². The molecule has 130 valence electrons. The van der Waals surface area contributed by atoms with Crippen LogP contribution in [0.1, 0.15) is 18.1 Å². The predicted molar refractivity (Wildman–Crippen MR) is 92.2 cm³/mol. The summed E-state index contributed by atoms with van der Waals surface area (Å²) in [4.78, 5) is 26.5. The number of carbonyl (C=O) groups excluding carboxylic acids is 1. The fraction of sp³-hybridized carbons (Fsp3) is 0.333. The van der Waals surface area contributed by atoms with Crippen molar-refractivity contribution < 1.29 is 19.3 Å². The van der Waals surface area contributed by atoms with Crippen molar-refractivity contribution in [3.8, 4) is 0 Å². The van der Waals surface area contributed by atoms with Crippen molar-refractivity contribution in [3.63, 3.8) is 0 Å². The zero-order chi connectivity index (χ0) is 17.9. The number of nitrogens with one attached hydrogen (secondary N) is 1. The highest BCUT2D eigenvalue weighted by Gasteiger charge is 2.17. The Morgan fingerprint density at radius 3 is 2.46 bits per heavy atom. The van der Waals surface area contributed by atoms with Gasteiger partial charge in [0, 0.05) is 18.2 Å². The monoisotopic (exact) mass is 354 g/mol. The maximum Gasteiger partial charge on any atom is 0.273 e. The van der Waals surface area contributed by atoms with Gasteiger partial charge in [-0.2, -0.15) is 0 Å². The molecule has 1 aromatic rings. The van der Waals surface area contributed by atoms with Gasteiger partial charge in [0.05, 0.1) is 0 Å². The Labute approximate surface area is 145 Å². The molecule has 0 unspecified atom stereocenters. The van der Waals surface area contributed by atoms with Gasteiger partial charge >= 0.3 is 0 Å². The highest BCUT2D eigenvalue weighted by molar-refractivity contribution is 6.83. The molecule has 0 spiro atoms. The van der Waals surface area contributed by atoms with E-state index in [0.29, 0.717) is 16.8 Å². The molecule has 24 heavy (non-hydrogen) atoms. The lowest BCUT2D eigenvalue weighted by molar-refractivity contribution is -0.114. The Hall–Kier alpha value is -2.61. The molecular weight excluding hydrogens is 336 g/mol. The molecule has 0 atom stereocenters. The van der Waals surface area contributed by atoms with E-state index < -0.39 is 0 Å². The van der Waals surface area contributed by atoms with Crippen LogP contribution in [0.25, 0.3) is 0 Å². The summed E-state index contributed by atoms with van der Waals surface area (Å²) in [7, 11) is 4.28. The number of amides is 1. The topological polar surface area (TPSA) is 93.9 Å². The average molecular weight is 355 g/mol. The zero-order valence-electron chi connectivity index (χ0n) is 13.9. The molecule has 1 aromatic carbocycles. The second-order valence-corrected chi connectivity index (χ2v) is 4.73. The van der Waals surface area contributed by atoms with Crippen molar-refractivity contribution in [2.75, 3.05) is 21.3 Å². The van der Waals surface area contributed by atoms with E-state index in [0.717, 1.165) is 0 Å². The van der Waals surface area contributed by atoms with E-state index in [2.05, 4.69) is 25.6 Å². The third kappa shape index (κ3) is 5.54. The van der Waals surface area contributed by atoms with Gasteiger partial charge in [-0.25, -0.2) is 0 Å². The SMILES string of the molecule is CNC(=O)C(=NOC)c1ccccc1CON=C(Cl)C(C)=NOC. The Kier molecular flexibility index (Phi) is 8.28. The van der Waals surface area contributed by atoms with E-state index in [9.17, 15) is 4.79 Å². The summed E-state index contributed by atoms with van der Waals surface area (Å²) in [5.74, 6) is -0.381. The van der Waals surface area contributed by atoms with Crippen molar-refractivity contribution >= 4 is 34.1 Å². The van der Waals surface area contributed by atoms with E-state index in [1.54, 1.807) is 31.2 Å². The smallest absolute Gasteiger partial charge is 0.273 e. The Balaban J connectivity index is 2.99. The van der Waals surface area contributed by atoms with Crippen LogP contribution in [0, 0.1) is 0 Å². The van der Waals surface area contributed by atoms with Gasteiger partial charge in [-0.3, -0.25) is 4.79 Å². The van der Waals surface area contributed by atoms with E-state index >= 15 is 0 Å². The molecule has 1 N–H and O–H groups in total. The third-order valence-corrected chi connectivity index (χ3v) is 3.13. The molecule has 0 bridgehead atoms. The first-order valence-corrected chi connectivity index (χ1v) is 7.28. The summed E-state index contributed by atoms with van der Waals surface area (Å²) in [5, 5.41) is 13.7. The Morgan fingerprint density at radius 2 is 1.83 bits per heavy atom. The van der Waals surface area contributed by atoms with Crippen molar-refractivity contribution in [3.05, 3.63) is 35.4 Å². The predicted octanol–water partition coefficient (Wildman–Crippen LogP) is 1.87. The quantitative estimate of drug-likeness (QED) is 0.569. The van der Waals surface area contributed by atoms with E-state index in [1.165, 1.54) is 21.3 Å².